The van der Waals surface area contributed by atoms with Crippen LogP contribution in [0, 0.1) is 5.82 Å². The maximum absolute atomic E-state index is 13.6. The number of hydrogen-bond acceptors (Lipinski definition) is 2. The first-order valence-electron chi connectivity index (χ1n) is 6.20. The van der Waals surface area contributed by atoms with Crippen molar-refractivity contribution < 1.29 is 9.50 Å². The van der Waals surface area contributed by atoms with E-state index in [-0.39, 0.29) is 5.82 Å². The number of rotatable bonds is 3. The predicted octanol–water partition coefficient (Wildman–Crippen LogP) is 3.65. The van der Waals surface area contributed by atoms with Crippen LogP contribution >= 0.6 is 11.3 Å². The number of halogens is 1. The molecule has 18 heavy (non-hydrogen) atoms. The Morgan fingerprint density at radius 1 is 1.33 bits per heavy atom. The molecule has 0 fully saturated rings. The quantitative estimate of drug-likeness (QED) is 0.895. The van der Waals surface area contributed by atoms with Gasteiger partial charge in [0.15, 0.2) is 0 Å². The molecule has 3 heteroatoms. The van der Waals surface area contributed by atoms with E-state index in [2.05, 4.69) is 11.4 Å². The lowest BCUT2D eigenvalue weighted by Crippen LogP contribution is -2.23. The van der Waals surface area contributed by atoms with Crippen molar-refractivity contribution in [3.8, 4) is 0 Å². The van der Waals surface area contributed by atoms with E-state index in [0.717, 1.165) is 12.0 Å². The Bertz CT molecular complexity index is 550. The summed E-state index contributed by atoms with van der Waals surface area (Å²) in [7, 11) is 0. The van der Waals surface area contributed by atoms with E-state index < -0.39 is 5.60 Å². The molecular weight excluding hydrogens is 247 g/mol. The fourth-order valence-corrected chi connectivity index (χ4v) is 3.46. The Kier molecular flexibility index (Phi) is 2.96. The molecule has 0 saturated heterocycles. The highest BCUT2D eigenvalue weighted by atomic mass is 32.1. The van der Waals surface area contributed by atoms with E-state index >= 15 is 0 Å². The van der Waals surface area contributed by atoms with Gasteiger partial charge in [-0.05, 0) is 65.3 Å². The number of aliphatic hydroxyl groups is 1. The largest absolute Gasteiger partial charge is 0.385 e. The Hall–Kier alpha value is -1.19. The molecule has 1 aliphatic rings. The lowest BCUT2D eigenvalue weighted by molar-refractivity contribution is 0.0297. The Morgan fingerprint density at radius 2 is 2.22 bits per heavy atom. The monoisotopic (exact) mass is 262 g/mol. The second-order valence-electron chi connectivity index (χ2n) is 4.93. The molecule has 0 amide bonds. The predicted molar refractivity (Wildman–Crippen MR) is 71.3 cm³/mol. The highest BCUT2D eigenvalue weighted by Crippen LogP contribution is 2.41. The van der Waals surface area contributed by atoms with Gasteiger partial charge in [0.2, 0.25) is 0 Å². The summed E-state index contributed by atoms with van der Waals surface area (Å²) in [5.41, 5.74) is 1.89. The van der Waals surface area contributed by atoms with Crippen molar-refractivity contribution in [3.63, 3.8) is 0 Å². The Balaban J connectivity index is 1.83. The first-order valence-corrected chi connectivity index (χ1v) is 7.15. The fourth-order valence-electron chi connectivity index (χ4n) is 2.76. The van der Waals surface area contributed by atoms with Gasteiger partial charge < -0.3 is 5.11 Å². The van der Waals surface area contributed by atoms with Crippen LogP contribution in [-0.2, 0) is 18.4 Å². The summed E-state index contributed by atoms with van der Waals surface area (Å²) in [6, 6.07) is 7.10. The molecule has 0 bridgehead atoms. The van der Waals surface area contributed by atoms with Crippen molar-refractivity contribution in [1.29, 1.82) is 0 Å². The summed E-state index contributed by atoms with van der Waals surface area (Å²) in [5.74, 6) is -0.182. The van der Waals surface area contributed by atoms with Gasteiger partial charge in [-0.1, -0.05) is 12.1 Å². The van der Waals surface area contributed by atoms with Gasteiger partial charge in [0.05, 0.1) is 5.60 Å². The fraction of sp³-hybridized carbons (Fsp3) is 0.333. The van der Waals surface area contributed by atoms with Gasteiger partial charge in [-0.15, -0.1) is 0 Å². The maximum atomic E-state index is 13.6. The van der Waals surface area contributed by atoms with E-state index in [1.165, 1.54) is 11.6 Å². The Morgan fingerprint density at radius 3 is 3.00 bits per heavy atom. The molecule has 1 atom stereocenters. The third-order valence-electron chi connectivity index (χ3n) is 3.82. The second kappa shape index (κ2) is 4.48. The van der Waals surface area contributed by atoms with E-state index in [1.54, 1.807) is 17.4 Å². The van der Waals surface area contributed by atoms with Crippen LogP contribution in [0.1, 0.15) is 29.5 Å². The molecule has 0 aliphatic heterocycles. The normalized spacial score (nSPS) is 22.1. The van der Waals surface area contributed by atoms with E-state index in [9.17, 15) is 9.50 Å². The van der Waals surface area contributed by atoms with Crippen molar-refractivity contribution in [2.24, 2.45) is 0 Å². The van der Waals surface area contributed by atoms with Crippen LogP contribution in [0.15, 0.2) is 35.0 Å². The van der Waals surface area contributed by atoms with Crippen molar-refractivity contribution in [2.45, 2.75) is 31.3 Å². The second-order valence-corrected chi connectivity index (χ2v) is 5.71. The molecule has 2 aromatic rings. The van der Waals surface area contributed by atoms with Gasteiger partial charge in [-0.25, -0.2) is 4.39 Å². The highest BCUT2D eigenvalue weighted by Gasteiger charge is 2.37. The van der Waals surface area contributed by atoms with Crippen molar-refractivity contribution in [1.82, 2.24) is 0 Å². The molecular formula is C15H15FOS. The molecule has 1 aromatic heterocycles. The smallest absolute Gasteiger partial charge is 0.126 e. The summed E-state index contributed by atoms with van der Waals surface area (Å²) >= 11 is 1.67. The topological polar surface area (TPSA) is 20.2 Å². The number of thiophene rings is 1. The first kappa shape index (κ1) is 11.9. The molecule has 1 aromatic carbocycles. The zero-order valence-corrected chi connectivity index (χ0v) is 10.8. The van der Waals surface area contributed by atoms with Crippen LogP contribution < -0.4 is 0 Å². The summed E-state index contributed by atoms with van der Waals surface area (Å²) in [5, 5.41) is 14.8. The van der Waals surface area contributed by atoms with E-state index in [1.807, 2.05) is 11.4 Å². The zero-order chi connectivity index (χ0) is 12.6. The average molecular weight is 262 g/mol. The third kappa shape index (κ3) is 1.98. The molecule has 1 unspecified atom stereocenters. The van der Waals surface area contributed by atoms with Crippen LogP contribution in [-0.4, -0.2) is 5.11 Å². The lowest BCUT2D eigenvalue weighted by atomic mass is 9.89. The van der Waals surface area contributed by atoms with Gasteiger partial charge in [0.1, 0.15) is 5.82 Å². The van der Waals surface area contributed by atoms with Crippen LogP contribution in [0.3, 0.4) is 0 Å². The summed E-state index contributed by atoms with van der Waals surface area (Å²) in [6.07, 6.45) is 2.78. The first-order chi connectivity index (χ1) is 8.69. The molecule has 0 spiro atoms. The summed E-state index contributed by atoms with van der Waals surface area (Å²) < 4.78 is 13.6. The SMILES string of the molecule is OC1(CCc2ccsc2)CCc2c(F)cccc21. The van der Waals surface area contributed by atoms with Crippen LogP contribution in [0.5, 0.6) is 0 Å². The van der Waals surface area contributed by atoms with Gasteiger partial charge in [-0.2, -0.15) is 11.3 Å². The molecule has 0 radical (unpaired) electrons. The van der Waals surface area contributed by atoms with Crippen molar-refractivity contribution >= 4 is 11.3 Å². The molecule has 3 rings (SSSR count). The number of benzene rings is 1. The minimum Gasteiger partial charge on any atom is -0.385 e. The standard InChI is InChI=1S/C15H15FOS/c16-14-3-1-2-13-12(14)5-8-15(13,17)7-4-11-6-9-18-10-11/h1-3,6,9-10,17H,4-5,7-8H2. The van der Waals surface area contributed by atoms with Crippen LogP contribution in [0.4, 0.5) is 4.39 Å². The molecule has 94 valence electrons. The average Bonchev–Trinajstić information content (AvgIpc) is 2.97. The number of aryl methyl sites for hydroxylation is 1. The molecule has 1 aliphatic carbocycles. The third-order valence-corrected chi connectivity index (χ3v) is 4.55. The Labute approximate surface area is 110 Å². The van der Waals surface area contributed by atoms with Crippen LogP contribution in [0.2, 0.25) is 0 Å². The van der Waals surface area contributed by atoms with Gasteiger partial charge in [-0.3, -0.25) is 0 Å². The van der Waals surface area contributed by atoms with Gasteiger partial charge >= 0.3 is 0 Å². The lowest BCUT2D eigenvalue weighted by Gasteiger charge is -2.23. The molecule has 0 saturated carbocycles. The highest BCUT2D eigenvalue weighted by molar-refractivity contribution is 7.07. The zero-order valence-electron chi connectivity index (χ0n) is 10.0. The minimum absolute atomic E-state index is 0.182. The van der Waals surface area contributed by atoms with Crippen molar-refractivity contribution in [3.05, 3.63) is 57.5 Å². The number of hydrogen-bond donors (Lipinski definition) is 1. The molecule has 1 N–H and O–H groups in total. The van der Waals surface area contributed by atoms with E-state index in [0.29, 0.717) is 24.8 Å². The van der Waals surface area contributed by atoms with E-state index in [4.69, 9.17) is 0 Å². The number of fused-ring (bicyclic) bond motifs is 1. The van der Waals surface area contributed by atoms with Crippen molar-refractivity contribution in [2.75, 3.05) is 0 Å². The molecule has 1 heterocycles. The van der Waals surface area contributed by atoms with Crippen LogP contribution in [0.25, 0.3) is 0 Å². The summed E-state index contributed by atoms with van der Waals surface area (Å²) in [4.78, 5) is 0. The minimum atomic E-state index is -0.848. The molecule has 1 nitrogen and oxygen atoms in total. The van der Waals surface area contributed by atoms with Gasteiger partial charge in [0, 0.05) is 0 Å². The van der Waals surface area contributed by atoms with Gasteiger partial charge in [0.25, 0.3) is 0 Å². The summed E-state index contributed by atoms with van der Waals surface area (Å²) in [6.45, 7) is 0. The maximum Gasteiger partial charge on any atom is 0.126 e.